The predicted octanol–water partition coefficient (Wildman–Crippen LogP) is 2.83. The molecule has 1 fully saturated rings. The lowest BCUT2D eigenvalue weighted by Crippen LogP contribution is -2.42. The molecule has 3 heteroatoms. The molecule has 1 aliphatic carbocycles. The zero-order chi connectivity index (χ0) is 13.7. The first kappa shape index (κ1) is 14.4. The molecular weight excluding hydrogens is 236 g/mol. The molecule has 0 bridgehead atoms. The van der Waals surface area contributed by atoms with E-state index < -0.39 is 0 Å². The van der Waals surface area contributed by atoms with E-state index in [0.29, 0.717) is 6.04 Å². The second-order valence-electron chi connectivity index (χ2n) is 5.41. The maximum atomic E-state index is 5.33. The van der Waals surface area contributed by atoms with Gasteiger partial charge in [0.2, 0.25) is 0 Å². The maximum Gasteiger partial charge on any atom is 0.119 e. The van der Waals surface area contributed by atoms with Crippen LogP contribution < -0.4 is 10.1 Å². The highest BCUT2D eigenvalue weighted by Gasteiger charge is 2.24. The van der Waals surface area contributed by atoms with Crippen LogP contribution in [0.2, 0.25) is 0 Å². The molecule has 1 unspecified atom stereocenters. The fraction of sp³-hybridized carbons (Fsp3) is 0.625. The number of benzene rings is 1. The van der Waals surface area contributed by atoms with E-state index in [0.717, 1.165) is 24.9 Å². The van der Waals surface area contributed by atoms with Gasteiger partial charge in [0.15, 0.2) is 0 Å². The Kier molecular flexibility index (Phi) is 5.23. The Labute approximate surface area is 116 Å². The molecular formula is C16H26N2O. The van der Waals surface area contributed by atoms with E-state index in [1.165, 1.54) is 24.8 Å². The molecule has 0 aromatic heterocycles. The lowest BCUT2D eigenvalue weighted by molar-refractivity contribution is 0.145. The Morgan fingerprint density at radius 1 is 1.42 bits per heavy atom. The quantitative estimate of drug-likeness (QED) is 0.818. The number of methoxy groups -OCH3 is 1. The van der Waals surface area contributed by atoms with Crippen LogP contribution in [0.3, 0.4) is 0 Å². The van der Waals surface area contributed by atoms with Crippen molar-refractivity contribution in [3.05, 3.63) is 29.8 Å². The number of hydrogen-bond acceptors (Lipinski definition) is 3. The normalized spacial score (nSPS) is 17.3. The summed E-state index contributed by atoms with van der Waals surface area (Å²) in [5.74, 6) is 0.937. The summed E-state index contributed by atoms with van der Waals surface area (Å²) in [6.45, 7) is 4.21. The molecule has 0 aliphatic heterocycles. The van der Waals surface area contributed by atoms with Gasteiger partial charge in [0.1, 0.15) is 5.75 Å². The molecule has 19 heavy (non-hydrogen) atoms. The first-order valence-corrected chi connectivity index (χ1v) is 7.32. The average Bonchev–Trinajstić information content (AvgIpc) is 2.36. The van der Waals surface area contributed by atoms with Crippen LogP contribution in [-0.4, -0.2) is 38.2 Å². The van der Waals surface area contributed by atoms with Gasteiger partial charge in [0, 0.05) is 18.6 Å². The van der Waals surface area contributed by atoms with Crippen LogP contribution in [-0.2, 0) is 0 Å². The Morgan fingerprint density at radius 2 is 2.21 bits per heavy atom. The highest BCUT2D eigenvalue weighted by atomic mass is 16.5. The minimum atomic E-state index is 0.380. The molecule has 0 saturated heterocycles. The Hall–Kier alpha value is -1.06. The van der Waals surface area contributed by atoms with Gasteiger partial charge < -0.3 is 15.0 Å². The van der Waals surface area contributed by atoms with Crippen molar-refractivity contribution in [2.75, 3.05) is 27.2 Å². The van der Waals surface area contributed by atoms with Crippen molar-refractivity contribution in [2.24, 2.45) is 0 Å². The molecule has 0 heterocycles. The van der Waals surface area contributed by atoms with Gasteiger partial charge in [-0.1, -0.05) is 25.5 Å². The minimum Gasteiger partial charge on any atom is -0.497 e. The van der Waals surface area contributed by atoms with Crippen LogP contribution in [0.1, 0.15) is 37.8 Å². The summed E-state index contributed by atoms with van der Waals surface area (Å²) < 4.78 is 5.33. The maximum absolute atomic E-state index is 5.33. The van der Waals surface area contributed by atoms with E-state index in [9.17, 15) is 0 Å². The Morgan fingerprint density at radius 3 is 2.79 bits per heavy atom. The molecule has 1 aromatic carbocycles. The van der Waals surface area contributed by atoms with Gasteiger partial charge in [0.25, 0.3) is 0 Å². The number of nitrogens with zero attached hydrogens (tertiary/aromatic N) is 1. The fourth-order valence-electron chi connectivity index (χ4n) is 2.66. The number of ether oxygens (including phenoxy) is 1. The smallest absolute Gasteiger partial charge is 0.119 e. The van der Waals surface area contributed by atoms with Crippen LogP contribution in [0.4, 0.5) is 0 Å². The van der Waals surface area contributed by atoms with Crippen molar-refractivity contribution in [2.45, 2.75) is 38.3 Å². The SMILES string of the molecule is CCNC(CN(C)C1CCC1)c1cccc(OC)c1. The van der Waals surface area contributed by atoms with E-state index in [1.54, 1.807) is 7.11 Å². The van der Waals surface area contributed by atoms with E-state index >= 15 is 0 Å². The van der Waals surface area contributed by atoms with Gasteiger partial charge in [-0.25, -0.2) is 0 Å². The van der Waals surface area contributed by atoms with Gasteiger partial charge in [-0.3, -0.25) is 0 Å². The largest absolute Gasteiger partial charge is 0.497 e. The average molecular weight is 262 g/mol. The monoisotopic (exact) mass is 262 g/mol. The molecule has 1 atom stereocenters. The molecule has 1 aliphatic rings. The highest BCUT2D eigenvalue weighted by molar-refractivity contribution is 5.30. The summed E-state index contributed by atoms with van der Waals surface area (Å²) in [5, 5.41) is 3.59. The molecule has 106 valence electrons. The van der Waals surface area contributed by atoms with Crippen LogP contribution in [0.5, 0.6) is 5.75 Å². The zero-order valence-electron chi connectivity index (χ0n) is 12.4. The van der Waals surface area contributed by atoms with Crippen molar-refractivity contribution in [3.8, 4) is 5.75 Å². The molecule has 3 nitrogen and oxygen atoms in total. The Balaban J connectivity index is 2.04. The summed E-state index contributed by atoms with van der Waals surface area (Å²) >= 11 is 0. The first-order chi connectivity index (χ1) is 9.24. The van der Waals surface area contributed by atoms with Crippen molar-refractivity contribution < 1.29 is 4.74 Å². The van der Waals surface area contributed by atoms with Crippen LogP contribution in [0.25, 0.3) is 0 Å². The van der Waals surface area contributed by atoms with Gasteiger partial charge in [-0.15, -0.1) is 0 Å². The third-order valence-electron chi connectivity index (χ3n) is 4.12. The summed E-state index contributed by atoms with van der Waals surface area (Å²) in [4.78, 5) is 2.50. The van der Waals surface area contributed by atoms with Crippen LogP contribution in [0, 0.1) is 0 Å². The van der Waals surface area contributed by atoms with Crippen molar-refractivity contribution in [1.82, 2.24) is 10.2 Å². The van der Waals surface area contributed by atoms with Crippen molar-refractivity contribution in [1.29, 1.82) is 0 Å². The third kappa shape index (κ3) is 3.71. The molecule has 1 saturated carbocycles. The zero-order valence-corrected chi connectivity index (χ0v) is 12.4. The fourth-order valence-corrected chi connectivity index (χ4v) is 2.66. The molecule has 2 rings (SSSR count). The van der Waals surface area contributed by atoms with E-state index in [4.69, 9.17) is 4.74 Å². The van der Waals surface area contributed by atoms with Crippen molar-refractivity contribution >= 4 is 0 Å². The molecule has 0 spiro atoms. The predicted molar refractivity (Wildman–Crippen MR) is 79.7 cm³/mol. The summed E-state index contributed by atoms with van der Waals surface area (Å²) in [5.41, 5.74) is 1.31. The number of hydrogen-bond donors (Lipinski definition) is 1. The Bertz CT molecular complexity index is 390. The van der Waals surface area contributed by atoms with Gasteiger partial charge >= 0.3 is 0 Å². The molecule has 0 radical (unpaired) electrons. The molecule has 1 N–H and O–H groups in total. The standard InChI is InChI=1S/C16H26N2O/c1-4-17-16(12-18(2)14-8-6-9-14)13-7-5-10-15(11-13)19-3/h5,7,10-11,14,16-17H,4,6,8-9,12H2,1-3H3. The lowest BCUT2D eigenvalue weighted by atomic mass is 9.91. The second kappa shape index (κ2) is 6.92. The van der Waals surface area contributed by atoms with Gasteiger partial charge in [0.05, 0.1) is 7.11 Å². The van der Waals surface area contributed by atoms with Gasteiger partial charge in [-0.05, 0) is 44.1 Å². The minimum absolute atomic E-state index is 0.380. The molecule has 1 aromatic rings. The van der Waals surface area contributed by atoms with Gasteiger partial charge in [-0.2, -0.15) is 0 Å². The van der Waals surface area contributed by atoms with Crippen LogP contribution >= 0.6 is 0 Å². The van der Waals surface area contributed by atoms with E-state index in [2.05, 4.69) is 42.4 Å². The summed E-state index contributed by atoms with van der Waals surface area (Å²) in [6.07, 6.45) is 4.10. The van der Waals surface area contributed by atoms with Crippen LogP contribution in [0.15, 0.2) is 24.3 Å². The molecule has 0 amide bonds. The first-order valence-electron chi connectivity index (χ1n) is 7.32. The number of nitrogens with one attached hydrogen (secondary N) is 1. The lowest BCUT2D eigenvalue weighted by Gasteiger charge is -2.37. The summed E-state index contributed by atoms with van der Waals surface area (Å²) in [7, 11) is 3.97. The highest BCUT2D eigenvalue weighted by Crippen LogP contribution is 2.26. The van der Waals surface area contributed by atoms with E-state index in [-0.39, 0.29) is 0 Å². The van der Waals surface area contributed by atoms with Crippen molar-refractivity contribution in [3.63, 3.8) is 0 Å². The van der Waals surface area contributed by atoms with E-state index in [1.807, 2.05) is 6.07 Å². The third-order valence-corrected chi connectivity index (χ3v) is 4.12. The second-order valence-corrected chi connectivity index (χ2v) is 5.41. The number of rotatable bonds is 7. The number of likely N-dealkylation sites (N-methyl/N-ethyl adjacent to an activating group) is 2. The topological polar surface area (TPSA) is 24.5 Å². The summed E-state index contributed by atoms with van der Waals surface area (Å²) in [6, 6.07) is 9.56.